The number of hydrogen-bond acceptors (Lipinski definition) is 3. The lowest BCUT2D eigenvalue weighted by atomic mass is 9.97. The van der Waals surface area contributed by atoms with Crippen LogP contribution in [-0.2, 0) is 0 Å². The highest BCUT2D eigenvalue weighted by atomic mass is 35.5. The quantitative estimate of drug-likeness (QED) is 0.402. The van der Waals surface area contributed by atoms with E-state index in [4.69, 9.17) is 46.4 Å². The number of rotatable bonds is 1. The third-order valence-electron chi connectivity index (χ3n) is 4.38. The van der Waals surface area contributed by atoms with Crippen LogP contribution in [0.25, 0.3) is 10.9 Å². The first-order valence-electron chi connectivity index (χ1n) is 7.35. The third-order valence-corrected chi connectivity index (χ3v) is 6.20. The number of aliphatic hydroxyl groups is 1. The molecule has 2 atom stereocenters. The summed E-state index contributed by atoms with van der Waals surface area (Å²) in [7, 11) is 0. The fourth-order valence-corrected chi connectivity index (χ4v) is 4.26. The number of ketones is 1. The Morgan fingerprint density at radius 3 is 2.32 bits per heavy atom. The van der Waals surface area contributed by atoms with Crippen LogP contribution < -0.4 is 0 Å². The molecule has 3 aromatic rings. The molecule has 0 aliphatic heterocycles. The Balaban J connectivity index is 1.91. The largest absolute Gasteiger partial charge is 0.387 e. The van der Waals surface area contributed by atoms with Crippen molar-refractivity contribution in [2.45, 2.75) is 12.0 Å². The Morgan fingerprint density at radius 2 is 1.56 bits per heavy atom. The molecule has 25 heavy (non-hydrogen) atoms. The van der Waals surface area contributed by atoms with E-state index in [9.17, 15) is 9.90 Å². The van der Waals surface area contributed by atoms with Gasteiger partial charge in [0.15, 0.2) is 5.78 Å². The van der Waals surface area contributed by atoms with Gasteiger partial charge >= 0.3 is 0 Å². The van der Waals surface area contributed by atoms with Crippen LogP contribution in [0.1, 0.15) is 33.6 Å². The highest BCUT2D eigenvalue weighted by Crippen LogP contribution is 2.52. The van der Waals surface area contributed by atoms with E-state index in [2.05, 4.69) is 4.98 Å². The maximum atomic E-state index is 12.9. The molecule has 0 spiro atoms. The Kier molecular flexibility index (Phi) is 4.18. The van der Waals surface area contributed by atoms with Gasteiger partial charge in [0.25, 0.3) is 0 Å². The normalized spacial score (nSPS) is 19.5. The number of fused-ring (bicyclic) bond motifs is 2. The van der Waals surface area contributed by atoms with Gasteiger partial charge in [-0.15, -0.1) is 0 Å². The summed E-state index contributed by atoms with van der Waals surface area (Å²) in [6.07, 6.45) is -1.20. The molecular formula is C18H9Cl4NO2. The van der Waals surface area contributed by atoms with Gasteiger partial charge in [-0.3, -0.25) is 9.78 Å². The molecule has 1 aliphatic carbocycles. The average Bonchev–Trinajstić information content (AvgIpc) is 2.88. The number of carbonyl (C=O) groups excluding carboxylic acids is 1. The minimum atomic E-state index is -1.20. The highest BCUT2D eigenvalue weighted by Gasteiger charge is 2.45. The number of nitrogens with zero attached hydrogens (tertiary/aromatic N) is 1. The number of para-hydroxylation sites is 1. The van der Waals surface area contributed by atoms with Crippen LogP contribution in [0.4, 0.5) is 0 Å². The smallest absolute Gasteiger partial charge is 0.176 e. The fraction of sp³-hybridized carbons (Fsp3) is 0.111. The molecule has 1 N–H and O–H groups in total. The number of carbonyl (C=O) groups is 1. The van der Waals surface area contributed by atoms with Crippen LogP contribution in [0.5, 0.6) is 0 Å². The molecule has 0 saturated heterocycles. The summed E-state index contributed by atoms with van der Waals surface area (Å²) in [4.78, 5) is 17.4. The maximum Gasteiger partial charge on any atom is 0.176 e. The third kappa shape index (κ3) is 2.46. The van der Waals surface area contributed by atoms with E-state index in [1.165, 1.54) is 0 Å². The molecule has 1 aliphatic rings. The SMILES string of the molecule is O=C1c2c(Cl)c(Cl)c(Cl)c(Cl)c2C(O)C1c1ccc2ccccc2n1. The van der Waals surface area contributed by atoms with E-state index in [1.807, 2.05) is 30.3 Å². The van der Waals surface area contributed by atoms with E-state index >= 15 is 0 Å². The molecule has 2 aromatic carbocycles. The summed E-state index contributed by atoms with van der Waals surface area (Å²) in [6, 6.07) is 11.1. The zero-order valence-electron chi connectivity index (χ0n) is 12.4. The summed E-state index contributed by atoms with van der Waals surface area (Å²) in [5, 5.41) is 11.7. The maximum absolute atomic E-state index is 12.9. The standard InChI is InChI=1S/C18H9Cl4NO2/c19-13-11-12(14(20)16(22)15(13)21)18(25)10(17(11)24)9-6-5-7-3-1-2-4-8(7)23-9/h1-6,10,17,24H. The van der Waals surface area contributed by atoms with Gasteiger partial charge in [0, 0.05) is 16.5 Å². The van der Waals surface area contributed by atoms with Crippen LogP contribution in [0.15, 0.2) is 36.4 Å². The van der Waals surface area contributed by atoms with Crippen molar-refractivity contribution >= 4 is 63.1 Å². The van der Waals surface area contributed by atoms with E-state index < -0.39 is 12.0 Å². The molecule has 0 amide bonds. The van der Waals surface area contributed by atoms with Crippen LogP contribution in [0.3, 0.4) is 0 Å². The highest BCUT2D eigenvalue weighted by molar-refractivity contribution is 6.53. The van der Waals surface area contributed by atoms with Gasteiger partial charge in [0.1, 0.15) is 0 Å². The molecule has 7 heteroatoms. The number of halogens is 4. The van der Waals surface area contributed by atoms with Gasteiger partial charge in [0.2, 0.25) is 0 Å². The number of pyridine rings is 1. The number of aliphatic hydroxyl groups excluding tert-OH is 1. The Morgan fingerprint density at radius 1 is 0.880 bits per heavy atom. The Hall–Kier alpha value is -1.36. The van der Waals surface area contributed by atoms with Gasteiger partial charge in [-0.05, 0) is 12.1 Å². The first kappa shape index (κ1) is 17.1. The van der Waals surface area contributed by atoms with Gasteiger partial charge in [-0.2, -0.15) is 0 Å². The van der Waals surface area contributed by atoms with Gasteiger partial charge in [-0.25, -0.2) is 0 Å². The number of benzene rings is 2. The molecule has 0 fully saturated rings. The lowest BCUT2D eigenvalue weighted by Gasteiger charge is -2.15. The van der Waals surface area contributed by atoms with Crippen molar-refractivity contribution in [3.8, 4) is 0 Å². The van der Waals surface area contributed by atoms with Crippen LogP contribution >= 0.6 is 46.4 Å². The first-order chi connectivity index (χ1) is 11.9. The molecule has 3 nitrogen and oxygen atoms in total. The van der Waals surface area contributed by atoms with Crippen LogP contribution in [0, 0.1) is 0 Å². The summed E-state index contributed by atoms with van der Waals surface area (Å²) in [5.74, 6) is -1.29. The van der Waals surface area contributed by atoms with Crippen molar-refractivity contribution in [3.63, 3.8) is 0 Å². The lowest BCUT2D eigenvalue weighted by molar-refractivity contribution is 0.0868. The van der Waals surface area contributed by atoms with Crippen molar-refractivity contribution in [2.75, 3.05) is 0 Å². The molecule has 1 aromatic heterocycles. The predicted octanol–water partition coefficient (Wildman–Crippen LogP) is 5.86. The van der Waals surface area contributed by atoms with Crippen LogP contribution in [0.2, 0.25) is 20.1 Å². The van der Waals surface area contributed by atoms with E-state index in [1.54, 1.807) is 6.07 Å². The number of Topliss-reactive ketones (excluding diaryl/α,β-unsaturated/α-hetero) is 1. The summed E-state index contributed by atoms with van der Waals surface area (Å²) >= 11 is 24.5. The number of aromatic nitrogens is 1. The minimum absolute atomic E-state index is 0.000228. The molecular weight excluding hydrogens is 404 g/mol. The lowest BCUT2D eigenvalue weighted by Crippen LogP contribution is -2.13. The first-order valence-corrected chi connectivity index (χ1v) is 8.86. The van der Waals surface area contributed by atoms with Crippen LogP contribution in [-0.4, -0.2) is 15.9 Å². The summed E-state index contributed by atoms with van der Waals surface area (Å²) in [6.45, 7) is 0. The topological polar surface area (TPSA) is 50.2 Å². The second-order valence-electron chi connectivity index (χ2n) is 5.76. The molecule has 0 saturated carbocycles. The van der Waals surface area contributed by atoms with Crippen molar-refractivity contribution < 1.29 is 9.90 Å². The van der Waals surface area contributed by atoms with Crippen molar-refractivity contribution in [2.24, 2.45) is 0 Å². The molecule has 1 heterocycles. The average molecular weight is 413 g/mol. The van der Waals surface area contributed by atoms with Gasteiger partial charge < -0.3 is 5.11 Å². The summed E-state index contributed by atoms with van der Waals surface area (Å²) in [5.41, 5.74) is 1.47. The fourth-order valence-electron chi connectivity index (χ4n) is 3.18. The molecule has 0 radical (unpaired) electrons. The van der Waals surface area contributed by atoms with Crippen molar-refractivity contribution in [1.29, 1.82) is 0 Å². The zero-order valence-corrected chi connectivity index (χ0v) is 15.5. The van der Waals surface area contributed by atoms with Crippen molar-refractivity contribution in [1.82, 2.24) is 4.98 Å². The molecule has 0 bridgehead atoms. The van der Waals surface area contributed by atoms with Gasteiger partial charge in [-0.1, -0.05) is 70.7 Å². The Bertz CT molecular complexity index is 1050. The second kappa shape index (κ2) is 6.11. The second-order valence-corrected chi connectivity index (χ2v) is 7.27. The van der Waals surface area contributed by atoms with E-state index in [0.29, 0.717) is 5.69 Å². The monoisotopic (exact) mass is 411 g/mol. The van der Waals surface area contributed by atoms with E-state index in [0.717, 1.165) is 10.9 Å². The van der Waals surface area contributed by atoms with E-state index in [-0.39, 0.29) is 37.0 Å². The molecule has 126 valence electrons. The zero-order chi connectivity index (χ0) is 17.9. The van der Waals surface area contributed by atoms with Crippen molar-refractivity contribution in [3.05, 3.63) is 73.3 Å². The Labute approximate surface area is 163 Å². The molecule has 2 unspecified atom stereocenters. The predicted molar refractivity (Wildman–Crippen MR) is 100 cm³/mol. The minimum Gasteiger partial charge on any atom is -0.387 e. The summed E-state index contributed by atoms with van der Waals surface area (Å²) < 4.78 is 0. The number of hydrogen-bond donors (Lipinski definition) is 1. The van der Waals surface area contributed by atoms with Gasteiger partial charge in [0.05, 0.1) is 43.3 Å². The molecule has 4 rings (SSSR count).